The molecule has 4 heteroatoms. The van der Waals surface area contributed by atoms with E-state index >= 15 is 0 Å². The number of nitrogens with one attached hydrogen (secondary N) is 1. The SMILES string of the molecule is CCOC(=O)c1c(C)c(C)c(C)[nH]c1=S. The summed E-state index contributed by atoms with van der Waals surface area (Å²) in [5.74, 6) is -0.348. The fourth-order valence-corrected chi connectivity index (χ4v) is 1.80. The standard InChI is InChI=1S/C11H15NO2S/c1-5-14-11(13)9-7(3)6(2)8(4)12-10(9)15/h5H2,1-4H3,(H,12,15). The molecule has 0 fully saturated rings. The van der Waals surface area contributed by atoms with Crippen molar-refractivity contribution in [1.82, 2.24) is 4.98 Å². The molecule has 0 radical (unpaired) electrons. The molecule has 0 saturated carbocycles. The summed E-state index contributed by atoms with van der Waals surface area (Å²) in [6, 6.07) is 0. The van der Waals surface area contributed by atoms with Gasteiger partial charge in [0.05, 0.1) is 12.2 Å². The number of pyridine rings is 1. The molecule has 0 unspecified atom stereocenters. The Bertz CT molecular complexity index is 449. The highest BCUT2D eigenvalue weighted by atomic mass is 32.1. The van der Waals surface area contributed by atoms with Gasteiger partial charge >= 0.3 is 5.97 Å². The van der Waals surface area contributed by atoms with Crippen LogP contribution in [0.5, 0.6) is 0 Å². The third kappa shape index (κ3) is 2.26. The zero-order chi connectivity index (χ0) is 11.6. The van der Waals surface area contributed by atoms with E-state index in [0.717, 1.165) is 16.8 Å². The van der Waals surface area contributed by atoms with Crippen molar-refractivity contribution < 1.29 is 9.53 Å². The molecule has 0 amide bonds. The summed E-state index contributed by atoms with van der Waals surface area (Å²) in [6.45, 7) is 7.92. The zero-order valence-corrected chi connectivity index (χ0v) is 10.2. The minimum atomic E-state index is -0.348. The Morgan fingerprint density at radius 2 is 1.93 bits per heavy atom. The van der Waals surface area contributed by atoms with Gasteiger partial charge in [0.2, 0.25) is 0 Å². The molecule has 0 spiro atoms. The fraction of sp³-hybridized carbons (Fsp3) is 0.455. The first-order chi connectivity index (χ1) is 6.99. The van der Waals surface area contributed by atoms with Crippen LogP contribution in [0.25, 0.3) is 0 Å². The first kappa shape index (κ1) is 11.9. The molecular weight excluding hydrogens is 210 g/mol. The summed E-state index contributed by atoms with van der Waals surface area (Å²) in [4.78, 5) is 14.6. The Balaban J connectivity index is 3.36. The Labute approximate surface area is 94.5 Å². The quantitative estimate of drug-likeness (QED) is 0.621. The molecule has 15 heavy (non-hydrogen) atoms. The normalized spacial score (nSPS) is 10.1. The average Bonchev–Trinajstić information content (AvgIpc) is 2.15. The van der Waals surface area contributed by atoms with E-state index in [9.17, 15) is 4.79 Å². The third-order valence-corrected chi connectivity index (χ3v) is 2.81. The van der Waals surface area contributed by atoms with E-state index in [-0.39, 0.29) is 5.97 Å². The van der Waals surface area contributed by atoms with Crippen molar-refractivity contribution in [2.24, 2.45) is 0 Å². The predicted octanol–water partition coefficient (Wildman–Crippen LogP) is 2.85. The van der Waals surface area contributed by atoms with Gasteiger partial charge in [0, 0.05) is 5.69 Å². The molecule has 0 aliphatic rings. The van der Waals surface area contributed by atoms with E-state index in [4.69, 9.17) is 17.0 Å². The van der Waals surface area contributed by atoms with Gasteiger partial charge in [-0.2, -0.15) is 0 Å². The van der Waals surface area contributed by atoms with Crippen LogP contribution in [0, 0.1) is 25.4 Å². The van der Waals surface area contributed by atoms with Gasteiger partial charge in [0.1, 0.15) is 4.64 Å². The van der Waals surface area contributed by atoms with Crippen LogP contribution < -0.4 is 0 Å². The van der Waals surface area contributed by atoms with E-state index in [1.165, 1.54) is 0 Å². The number of rotatable bonds is 2. The summed E-state index contributed by atoms with van der Waals surface area (Å²) >= 11 is 5.12. The van der Waals surface area contributed by atoms with Crippen molar-refractivity contribution in [1.29, 1.82) is 0 Å². The fourth-order valence-electron chi connectivity index (χ4n) is 1.41. The van der Waals surface area contributed by atoms with Crippen LogP contribution in [0.3, 0.4) is 0 Å². The van der Waals surface area contributed by atoms with Crippen molar-refractivity contribution in [3.63, 3.8) is 0 Å². The highest BCUT2D eigenvalue weighted by molar-refractivity contribution is 7.71. The van der Waals surface area contributed by atoms with Crippen LogP contribution in [0.4, 0.5) is 0 Å². The molecule has 1 aromatic heterocycles. The molecule has 0 bridgehead atoms. The Kier molecular flexibility index (Phi) is 3.63. The number of H-pyrrole nitrogens is 1. The molecule has 0 aliphatic heterocycles. The number of hydrogen-bond donors (Lipinski definition) is 1. The van der Waals surface area contributed by atoms with Crippen LogP contribution >= 0.6 is 12.2 Å². The number of carbonyl (C=O) groups is 1. The molecule has 0 aromatic carbocycles. The van der Waals surface area contributed by atoms with Crippen molar-refractivity contribution in [3.8, 4) is 0 Å². The third-order valence-electron chi connectivity index (χ3n) is 2.51. The van der Waals surface area contributed by atoms with Crippen molar-refractivity contribution in [2.75, 3.05) is 6.61 Å². The van der Waals surface area contributed by atoms with Gasteiger partial charge in [0.25, 0.3) is 0 Å². The van der Waals surface area contributed by atoms with E-state index in [2.05, 4.69) is 4.98 Å². The molecule has 1 aromatic rings. The molecule has 1 N–H and O–H groups in total. The lowest BCUT2D eigenvalue weighted by Crippen LogP contribution is -2.10. The van der Waals surface area contributed by atoms with Gasteiger partial charge in [-0.3, -0.25) is 0 Å². The Hall–Kier alpha value is -1.16. The minimum Gasteiger partial charge on any atom is -0.462 e. The summed E-state index contributed by atoms with van der Waals surface area (Å²) in [6.07, 6.45) is 0. The van der Waals surface area contributed by atoms with Crippen LogP contribution in [0.2, 0.25) is 0 Å². The summed E-state index contributed by atoms with van der Waals surface area (Å²) in [7, 11) is 0. The van der Waals surface area contributed by atoms with Crippen molar-refractivity contribution in [2.45, 2.75) is 27.7 Å². The highest BCUT2D eigenvalue weighted by Crippen LogP contribution is 2.17. The van der Waals surface area contributed by atoms with Crippen LogP contribution in [0.1, 0.15) is 34.1 Å². The number of hydrogen-bond acceptors (Lipinski definition) is 3. The zero-order valence-electron chi connectivity index (χ0n) is 9.43. The second-order valence-electron chi connectivity index (χ2n) is 3.42. The lowest BCUT2D eigenvalue weighted by atomic mass is 10.0. The lowest BCUT2D eigenvalue weighted by molar-refractivity contribution is 0.0524. The Morgan fingerprint density at radius 3 is 2.47 bits per heavy atom. The van der Waals surface area contributed by atoms with Crippen LogP contribution in [-0.2, 0) is 4.74 Å². The van der Waals surface area contributed by atoms with Gasteiger partial charge in [0.15, 0.2) is 0 Å². The summed E-state index contributed by atoms with van der Waals surface area (Å²) in [5.41, 5.74) is 3.42. The number of esters is 1. The number of carbonyl (C=O) groups excluding carboxylic acids is 1. The molecule has 3 nitrogen and oxygen atoms in total. The second-order valence-corrected chi connectivity index (χ2v) is 3.83. The van der Waals surface area contributed by atoms with E-state index < -0.39 is 0 Å². The summed E-state index contributed by atoms with van der Waals surface area (Å²) in [5, 5.41) is 0. The van der Waals surface area contributed by atoms with Gasteiger partial charge in [-0.25, -0.2) is 4.79 Å². The minimum absolute atomic E-state index is 0.348. The number of aromatic amines is 1. The van der Waals surface area contributed by atoms with E-state index in [1.54, 1.807) is 6.92 Å². The van der Waals surface area contributed by atoms with Crippen molar-refractivity contribution in [3.05, 3.63) is 27.0 Å². The number of aromatic nitrogens is 1. The van der Waals surface area contributed by atoms with Gasteiger partial charge in [-0.1, -0.05) is 12.2 Å². The number of ether oxygens (including phenoxy) is 1. The number of aryl methyl sites for hydroxylation is 1. The smallest absolute Gasteiger partial charge is 0.341 e. The second kappa shape index (κ2) is 4.57. The van der Waals surface area contributed by atoms with E-state index in [1.807, 2.05) is 20.8 Å². The van der Waals surface area contributed by atoms with Gasteiger partial charge in [-0.15, -0.1) is 0 Å². The molecular formula is C11H15NO2S. The van der Waals surface area contributed by atoms with Crippen LogP contribution in [0.15, 0.2) is 0 Å². The summed E-state index contributed by atoms with van der Waals surface area (Å²) < 4.78 is 5.41. The first-order valence-electron chi connectivity index (χ1n) is 4.86. The predicted molar refractivity (Wildman–Crippen MR) is 61.8 cm³/mol. The molecule has 1 heterocycles. The topological polar surface area (TPSA) is 42.1 Å². The largest absolute Gasteiger partial charge is 0.462 e. The maximum Gasteiger partial charge on any atom is 0.341 e. The average molecular weight is 225 g/mol. The van der Waals surface area contributed by atoms with Gasteiger partial charge in [-0.05, 0) is 38.8 Å². The lowest BCUT2D eigenvalue weighted by Gasteiger charge is -2.10. The monoisotopic (exact) mass is 225 g/mol. The van der Waals surface area contributed by atoms with Gasteiger partial charge < -0.3 is 9.72 Å². The van der Waals surface area contributed by atoms with Crippen molar-refractivity contribution >= 4 is 18.2 Å². The first-order valence-corrected chi connectivity index (χ1v) is 5.27. The maximum atomic E-state index is 11.6. The highest BCUT2D eigenvalue weighted by Gasteiger charge is 2.15. The molecule has 0 saturated heterocycles. The maximum absolute atomic E-state index is 11.6. The molecule has 82 valence electrons. The molecule has 1 rings (SSSR count). The Morgan fingerprint density at radius 1 is 1.33 bits per heavy atom. The van der Waals surface area contributed by atoms with E-state index in [0.29, 0.717) is 16.8 Å². The molecule has 0 atom stereocenters. The molecule has 0 aliphatic carbocycles. The van der Waals surface area contributed by atoms with Crippen LogP contribution in [-0.4, -0.2) is 17.6 Å².